The van der Waals surface area contributed by atoms with Crippen LogP contribution in [-0.2, 0) is 11.3 Å². The summed E-state index contributed by atoms with van der Waals surface area (Å²) in [5.74, 6) is -0.254. The first-order valence-electron chi connectivity index (χ1n) is 7.67. The van der Waals surface area contributed by atoms with Crippen molar-refractivity contribution in [3.05, 3.63) is 77.4 Å². The van der Waals surface area contributed by atoms with Gasteiger partial charge in [-0.15, -0.1) is 0 Å². The number of halogens is 1. The number of nitrogens with zero attached hydrogens (tertiary/aromatic N) is 1. The van der Waals surface area contributed by atoms with Crippen LogP contribution in [0, 0.1) is 5.82 Å². The van der Waals surface area contributed by atoms with E-state index < -0.39 is 0 Å². The van der Waals surface area contributed by atoms with Crippen LogP contribution in [0.4, 0.5) is 9.18 Å². The van der Waals surface area contributed by atoms with Crippen LogP contribution in [0.3, 0.4) is 0 Å². The summed E-state index contributed by atoms with van der Waals surface area (Å²) in [6, 6.07) is 14.2. The lowest BCUT2D eigenvalue weighted by Crippen LogP contribution is -2.10. The van der Waals surface area contributed by atoms with Crippen molar-refractivity contribution in [3.63, 3.8) is 0 Å². The van der Waals surface area contributed by atoms with Gasteiger partial charge in [0.05, 0.1) is 5.70 Å². The molecule has 1 saturated heterocycles. The van der Waals surface area contributed by atoms with Crippen molar-refractivity contribution in [2.24, 2.45) is 0 Å². The molecule has 2 heterocycles. The highest BCUT2D eigenvalue weighted by Gasteiger charge is 2.25. The second-order valence-corrected chi connectivity index (χ2v) is 6.66. The number of rotatable bonds is 3. The molecular formula is C19H13FN2O2S. The van der Waals surface area contributed by atoms with Gasteiger partial charge in [-0.1, -0.05) is 24.3 Å². The zero-order valence-corrected chi connectivity index (χ0v) is 13.8. The fraction of sp³-hybridized carbons (Fsp3) is 0.0526. The van der Waals surface area contributed by atoms with E-state index in [1.807, 2.05) is 30.5 Å². The standard InChI is InChI=1S/C19H13FN2O2S/c20-14-6-4-12(5-7-14)11-22-9-8-15-13(2-1-3-17(15)22)10-16-18(23)25-19(24)21-16/h1-10H,11H2,(H,21,24). The third-order valence-electron chi connectivity index (χ3n) is 4.06. The van der Waals surface area contributed by atoms with Crippen LogP contribution in [0.5, 0.6) is 0 Å². The zero-order valence-electron chi connectivity index (χ0n) is 13.0. The molecule has 1 aliphatic rings. The number of amides is 1. The largest absolute Gasteiger partial charge is 0.343 e. The molecule has 0 radical (unpaired) electrons. The molecule has 6 heteroatoms. The topological polar surface area (TPSA) is 51.1 Å². The molecule has 3 aromatic rings. The van der Waals surface area contributed by atoms with Gasteiger partial charge in [0.25, 0.3) is 5.24 Å². The van der Waals surface area contributed by atoms with Crippen molar-refractivity contribution >= 4 is 39.1 Å². The van der Waals surface area contributed by atoms with Crippen LogP contribution in [0.1, 0.15) is 11.1 Å². The van der Waals surface area contributed by atoms with Crippen molar-refractivity contribution in [2.45, 2.75) is 6.54 Å². The molecule has 0 unspecified atom stereocenters. The number of hydrogen-bond donors (Lipinski definition) is 1. The third kappa shape index (κ3) is 3.08. The maximum atomic E-state index is 13.1. The number of thioether (sulfide) groups is 1. The van der Waals surface area contributed by atoms with E-state index in [2.05, 4.69) is 9.88 Å². The van der Waals surface area contributed by atoms with E-state index in [0.29, 0.717) is 24.0 Å². The predicted molar refractivity (Wildman–Crippen MR) is 96.5 cm³/mol. The maximum absolute atomic E-state index is 13.1. The Bertz CT molecular complexity index is 1020. The lowest BCUT2D eigenvalue weighted by atomic mass is 10.1. The molecule has 0 bridgehead atoms. The first kappa shape index (κ1) is 15.7. The second-order valence-electron chi connectivity index (χ2n) is 5.71. The van der Waals surface area contributed by atoms with Crippen molar-refractivity contribution in [1.29, 1.82) is 0 Å². The fourth-order valence-electron chi connectivity index (χ4n) is 2.87. The molecule has 2 aromatic carbocycles. The molecule has 0 atom stereocenters. The molecule has 0 saturated carbocycles. The summed E-state index contributed by atoms with van der Waals surface area (Å²) in [5.41, 5.74) is 3.16. The van der Waals surface area contributed by atoms with Gasteiger partial charge >= 0.3 is 0 Å². The van der Waals surface area contributed by atoms with E-state index in [0.717, 1.165) is 22.0 Å². The first-order valence-corrected chi connectivity index (χ1v) is 8.49. The average Bonchev–Trinajstić information content (AvgIpc) is 3.14. The van der Waals surface area contributed by atoms with Crippen molar-refractivity contribution in [2.75, 3.05) is 0 Å². The van der Waals surface area contributed by atoms with Crippen LogP contribution in [0.15, 0.2) is 60.4 Å². The SMILES string of the molecule is O=C1NC(=Cc2cccc3c2ccn3Cc2ccc(F)cc2)C(=O)S1. The highest BCUT2D eigenvalue weighted by atomic mass is 32.2. The Morgan fingerprint density at radius 2 is 1.88 bits per heavy atom. The Hall–Kier alpha value is -2.86. The van der Waals surface area contributed by atoms with E-state index in [1.54, 1.807) is 18.2 Å². The van der Waals surface area contributed by atoms with Gasteiger partial charge < -0.3 is 9.88 Å². The summed E-state index contributed by atoms with van der Waals surface area (Å²) in [5, 5.41) is 2.92. The van der Waals surface area contributed by atoms with Gasteiger partial charge in [0.15, 0.2) is 0 Å². The number of aromatic nitrogens is 1. The van der Waals surface area contributed by atoms with E-state index in [9.17, 15) is 14.0 Å². The Labute approximate surface area is 147 Å². The van der Waals surface area contributed by atoms with E-state index in [-0.39, 0.29) is 16.2 Å². The normalized spacial score (nSPS) is 16.0. The van der Waals surface area contributed by atoms with Gasteiger partial charge in [-0.25, -0.2) is 4.39 Å². The zero-order chi connectivity index (χ0) is 17.4. The molecule has 1 fully saturated rings. The molecule has 1 amide bonds. The van der Waals surface area contributed by atoms with Crippen LogP contribution in [-0.4, -0.2) is 14.9 Å². The van der Waals surface area contributed by atoms with Crippen LogP contribution >= 0.6 is 11.8 Å². The summed E-state index contributed by atoms with van der Waals surface area (Å²) in [4.78, 5) is 23.1. The summed E-state index contributed by atoms with van der Waals surface area (Å²) in [6.07, 6.45) is 3.66. The van der Waals surface area contributed by atoms with Crippen molar-refractivity contribution < 1.29 is 14.0 Å². The third-order valence-corrected chi connectivity index (χ3v) is 4.75. The molecule has 25 heavy (non-hydrogen) atoms. The quantitative estimate of drug-likeness (QED) is 0.721. The minimum Gasteiger partial charge on any atom is -0.343 e. The Morgan fingerprint density at radius 3 is 2.60 bits per heavy atom. The molecule has 124 valence electrons. The summed E-state index contributed by atoms with van der Waals surface area (Å²) in [6.45, 7) is 0.620. The van der Waals surface area contributed by atoms with E-state index in [1.165, 1.54) is 12.1 Å². The minimum absolute atomic E-state index is 0.254. The first-order chi connectivity index (χ1) is 12.1. The van der Waals surface area contributed by atoms with Gasteiger partial charge in [-0.3, -0.25) is 9.59 Å². The van der Waals surface area contributed by atoms with Gasteiger partial charge in [0, 0.05) is 35.4 Å². The monoisotopic (exact) mass is 352 g/mol. The number of carbonyl (C=O) groups excluding carboxylic acids is 2. The van der Waals surface area contributed by atoms with Crippen LogP contribution in [0.25, 0.3) is 17.0 Å². The van der Waals surface area contributed by atoms with Gasteiger partial charge in [-0.05, 0) is 41.5 Å². The lowest BCUT2D eigenvalue weighted by Gasteiger charge is -2.07. The lowest BCUT2D eigenvalue weighted by molar-refractivity contribution is -0.107. The van der Waals surface area contributed by atoms with Crippen molar-refractivity contribution in [1.82, 2.24) is 9.88 Å². The molecule has 0 aliphatic carbocycles. The van der Waals surface area contributed by atoms with Gasteiger partial charge in [-0.2, -0.15) is 0 Å². The molecule has 1 aliphatic heterocycles. The number of carbonyl (C=O) groups is 2. The average molecular weight is 352 g/mol. The number of hydrogen-bond acceptors (Lipinski definition) is 3. The molecule has 0 spiro atoms. The highest BCUT2D eigenvalue weighted by Crippen LogP contribution is 2.26. The van der Waals surface area contributed by atoms with E-state index >= 15 is 0 Å². The Kier molecular flexibility index (Phi) is 3.89. The van der Waals surface area contributed by atoms with Gasteiger partial charge in [0.2, 0.25) is 5.12 Å². The van der Waals surface area contributed by atoms with Crippen LogP contribution < -0.4 is 5.32 Å². The van der Waals surface area contributed by atoms with Crippen molar-refractivity contribution in [3.8, 4) is 0 Å². The number of nitrogens with one attached hydrogen (secondary N) is 1. The summed E-state index contributed by atoms with van der Waals surface area (Å²) >= 11 is 0.668. The highest BCUT2D eigenvalue weighted by molar-refractivity contribution is 8.27. The van der Waals surface area contributed by atoms with Gasteiger partial charge in [0.1, 0.15) is 5.82 Å². The number of fused-ring (bicyclic) bond motifs is 1. The minimum atomic E-state index is -0.350. The predicted octanol–water partition coefficient (Wildman–Crippen LogP) is 4.15. The fourth-order valence-corrected chi connectivity index (χ4v) is 3.42. The van der Waals surface area contributed by atoms with Crippen LogP contribution in [0.2, 0.25) is 0 Å². The Balaban J connectivity index is 1.71. The number of benzene rings is 2. The summed E-state index contributed by atoms with van der Waals surface area (Å²) in [7, 11) is 0. The van der Waals surface area contributed by atoms with E-state index in [4.69, 9.17) is 0 Å². The maximum Gasteiger partial charge on any atom is 0.291 e. The molecular weight excluding hydrogens is 339 g/mol. The second kappa shape index (κ2) is 6.22. The summed E-state index contributed by atoms with van der Waals surface area (Å²) < 4.78 is 15.1. The molecule has 1 aromatic heterocycles. The Morgan fingerprint density at radius 1 is 1.08 bits per heavy atom. The molecule has 4 nitrogen and oxygen atoms in total. The molecule has 1 N–H and O–H groups in total. The smallest absolute Gasteiger partial charge is 0.291 e. The molecule has 4 rings (SSSR count).